The molecule has 0 aliphatic rings. The molecule has 0 aromatic heterocycles. The molecule has 0 saturated heterocycles. The fourth-order valence-corrected chi connectivity index (χ4v) is 2.64. The van der Waals surface area contributed by atoms with Crippen molar-refractivity contribution in [2.24, 2.45) is 5.41 Å². The Morgan fingerprint density at radius 2 is 1.90 bits per heavy atom. The second kappa shape index (κ2) is 6.37. The Bertz CT molecular complexity index is 579. The summed E-state index contributed by atoms with van der Waals surface area (Å²) >= 11 is 0. The highest BCUT2D eigenvalue weighted by Crippen LogP contribution is 2.18. The number of amides is 1. The van der Waals surface area contributed by atoms with Gasteiger partial charge in [-0.1, -0.05) is 32.9 Å². The lowest BCUT2D eigenvalue weighted by Gasteiger charge is -2.22. The molecule has 6 heteroatoms. The van der Waals surface area contributed by atoms with Gasteiger partial charge in [0.25, 0.3) is 5.91 Å². The smallest absolute Gasteiger partial charge is 0.252 e. The predicted molar refractivity (Wildman–Crippen MR) is 77.4 cm³/mol. The largest absolute Gasteiger partial charge is 0.396 e. The quantitative estimate of drug-likeness (QED) is 0.827. The Morgan fingerprint density at radius 3 is 2.45 bits per heavy atom. The molecule has 20 heavy (non-hydrogen) atoms. The number of nitrogens with one attached hydrogen (secondary N) is 1. The highest BCUT2D eigenvalue weighted by Gasteiger charge is 2.22. The molecule has 0 unspecified atom stereocenters. The fourth-order valence-electron chi connectivity index (χ4n) is 1.55. The molecule has 0 fully saturated rings. The van der Waals surface area contributed by atoms with Crippen LogP contribution in [-0.4, -0.2) is 38.3 Å². The molecule has 1 rings (SSSR count). The maximum atomic E-state index is 12.1. The molecule has 0 saturated carbocycles. The summed E-state index contributed by atoms with van der Waals surface area (Å²) in [7, 11) is -3.44. The van der Waals surface area contributed by atoms with E-state index in [9.17, 15) is 13.2 Å². The molecule has 0 heterocycles. The Labute approximate surface area is 119 Å². The molecule has 112 valence electrons. The Hall–Kier alpha value is -1.40. The van der Waals surface area contributed by atoms with Gasteiger partial charge in [-0.25, -0.2) is 8.42 Å². The summed E-state index contributed by atoms with van der Waals surface area (Å²) < 4.78 is 23.9. The van der Waals surface area contributed by atoms with Crippen LogP contribution < -0.4 is 5.32 Å². The average Bonchev–Trinajstić information content (AvgIpc) is 2.45. The number of aliphatic hydroxyl groups excluding tert-OH is 1. The molecule has 5 nitrogen and oxygen atoms in total. The zero-order valence-corrected chi connectivity index (χ0v) is 12.8. The van der Waals surface area contributed by atoms with E-state index in [0.29, 0.717) is 0 Å². The van der Waals surface area contributed by atoms with Gasteiger partial charge in [0.15, 0.2) is 9.84 Å². The molecular weight excluding hydrogens is 278 g/mol. The monoisotopic (exact) mass is 299 g/mol. The Morgan fingerprint density at radius 1 is 1.30 bits per heavy atom. The molecule has 0 aliphatic carbocycles. The van der Waals surface area contributed by atoms with Crippen LogP contribution in [0.25, 0.3) is 0 Å². The molecule has 1 aromatic rings. The third-order valence-corrected chi connectivity index (χ3v) is 4.79. The van der Waals surface area contributed by atoms with Crippen molar-refractivity contribution in [2.45, 2.75) is 25.7 Å². The molecule has 0 aliphatic heterocycles. The average molecular weight is 299 g/mol. The van der Waals surface area contributed by atoms with Crippen LogP contribution in [0.5, 0.6) is 0 Å². The standard InChI is InChI=1S/C14H21NO4S/c1-4-20(18,19)12-8-6-5-7-11(12)13(17)15-9-14(2,3)10-16/h5-8,16H,4,9-10H2,1-3H3,(H,15,17). The van der Waals surface area contributed by atoms with E-state index in [0.717, 1.165) is 0 Å². The first-order valence-electron chi connectivity index (χ1n) is 6.44. The van der Waals surface area contributed by atoms with E-state index in [1.165, 1.54) is 12.1 Å². The first-order valence-corrected chi connectivity index (χ1v) is 8.09. The summed E-state index contributed by atoms with van der Waals surface area (Å²) in [5.74, 6) is -0.501. The second-order valence-electron chi connectivity index (χ2n) is 5.40. The molecule has 2 N–H and O–H groups in total. The van der Waals surface area contributed by atoms with Crippen LogP contribution in [0, 0.1) is 5.41 Å². The van der Waals surface area contributed by atoms with Crippen molar-refractivity contribution in [3.8, 4) is 0 Å². The van der Waals surface area contributed by atoms with Gasteiger partial charge in [-0.05, 0) is 12.1 Å². The maximum Gasteiger partial charge on any atom is 0.252 e. The van der Waals surface area contributed by atoms with Crippen molar-refractivity contribution < 1.29 is 18.3 Å². The van der Waals surface area contributed by atoms with Crippen molar-refractivity contribution in [1.29, 1.82) is 0 Å². The second-order valence-corrected chi connectivity index (χ2v) is 7.65. The van der Waals surface area contributed by atoms with Gasteiger partial charge < -0.3 is 10.4 Å². The lowest BCUT2D eigenvalue weighted by molar-refractivity contribution is 0.0908. The first-order chi connectivity index (χ1) is 9.23. The predicted octanol–water partition coefficient (Wildman–Crippen LogP) is 1.23. The SMILES string of the molecule is CCS(=O)(=O)c1ccccc1C(=O)NCC(C)(C)CO. The van der Waals surface area contributed by atoms with Crippen LogP contribution in [0.15, 0.2) is 29.2 Å². The summed E-state index contributed by atoms with van der Waals surface area (Å²) in [6, 6.07) is 6.15. The van der Waals surface area contributed by atoms with Gasteiger partial charge in [0.2, 0.25) is 0 Å². The number of carbonyl (C=O) groups is 1. The zero-order valence-electron chi connectivity index (χ0n) is 12.0. The van der Waals surface area contributed by atoms with Gasteiger partial charge in [0.05, 0.1) is 16.2 Å². The van der Waals surface area contributed by atoms with E-state index < -0.39 is 21.2 Å². The summed E-state index contributed by atoms with van der Waals surface area (Å²) in [6.07, 6.45) is 0. The topological polar surface area (TPSA) is 83.5 Å². The van der Waals surface area contributed by atoms with Gasteiger partial charge in [0.1, 0.15) is 0 Å². The molecule has 1 aromatic carbocycles. The minimum Gasteiger partial charge on any atom is -0.396 e. The lowest BCUT2D eigenvalue weighted by atomic mass is 9.95. The van der Waals surface area contributed by atoms with Crippen LogP contribution in [-0.2, 0) is 9.84 Å². The van der Waals surface area contributed by atoms with E-state index >= 15 is 0 Å². The summed E-state index contributed by atoms with van der Waals surface area (Å²) in [4.78, 5) is 12.2. The minimum atomic E-state index is -3.44. The van der Waals surface area contributed by atoms with Gasteiger partial charge >= 0.3 is 0 Å². The number of rotatable bonds is 6. The van der Waals surface area contributed by atoms with Crippen LogP contribution in [0.1, 0.15) is 31.1 Å². The van der Waals surface area contributed by atoms with Gasteiger partial charge in [-0.15, -0.1) is 0 Å². The van der Waals surface area contributed by atoms with Crippen molar-refractivity contribution in [3.63, 3.8) is 0 Å². The van der Waals surface area contributed by atoms with Crippen molar-refractivity contribution in [1.82, 2.24) is 5.32 Å². The number of carbonyl (C=O) groups excluding carboxylic acids is 1. The highest BCUT2D eigenvalue weighted by molar-refractivity contribution is 7.91. The van der Waals surface area contributed by atoms with E-state index in [1.807, 2.05) is 13.8 Å². The third kappa shape index (κ3) is 4.05. The normalized spacial score (nSPS) is 12.2. The number of hydrogen-bond donors (Lipinski definition) is 2. The lowest BCUT2D eigenvalue weighted by Crippen LogP contribution is -2.36. The van der Waals surface area contributed by atoms with E-state index in [4.69, 9.17) is 5.11 Å². The molecule has 0 radical (unpaired) electrons. The zero-order chi connectivity index (χ0) is 15.4. The molecule has 0 spiro atoms. The van der Waals surface area contributed by atoms with Crippen molar-refractivity contribution >= 4 is 15.7 Å². The van der Waals surface area contributed by atoms with E-state index in [2.05, 4.69) is 5.32 Å². The molecule has 1 amide bonds. The van der Waals surface area contributed by atoms with Crippen LogP contribution in [0.2, 0.25) is 0 Å². The van der Waals surface area contributed by atoms with Crippen molar-refractivity contribution in [2.75, 3.05) is 18.9 Å². The number of sulfone groups is 1. The Balaban J connectivity index is 3.01. The van der Waals surface area contributed by atoms with Crippen molar-refractivity contribution in [3.05, 3.63) is 29.8 Å². The van der Waals surface area contributed by atoms with Crippen LogP contribution in [0.4, 0.5) is 0 Å². The van der Waals surface area contributed by atoms with Crippen LogP contribution in [0.3, 0.4) is 0 Å². The number of hydrogen-bond acceptors (Lipinski definition) is 4. The molecular formula is C14H21NO4S. The highest BCUT2D eigenvalue weighted by atomic mass is 32.2. The molecule has 0 atom stereocenters. The summed E-state index contributed by atoms with van der Waals surface area (Å²) in [5.41, 5.74) is -0.308. The maximum absolute atomic E-state index is 12.1. The van der Waals surface area contributed by atoms with Gasteiger partial charge in [0, 0.05) is 18.6 Å². The third-order valence-electron chi connectivity index (χ3n) is 3.00. The minimum absolute atomic E-state index is 0.0433. The summed E-state index contributed by atoms with van der Waals surface area (Å²) in [6.45, 7) is 5.36. The fraction of sp³-hybridized carbons (Fsp3) is 0.500. The van der Waals surface area contributed by atoms with Gasteiger partial charge in [-0.2, -0.15) is 0 Å². The first kappa shape index (κ1) is 16.7. The van der Waals surface area contributed by atoms with E-state index in [1.54, 1.807) is 19.1 Å². The molecule has 0 bridgehead atoms. The van der Waals surface area contributed by atoms with Gasteiger partial charge in [-0.3, -0.25) is 4.79 Å². The number of aliphatic hydroxyl groups is 1. The Kier molecular flexibility index (Phi) is 5.30. The number of benzene rings is 1. The van der Waals surface area contributed by atoms with E-state index in [-0.39, 0.29) is 29.4 Å². The summed E-state index contributed by atoms with van der Waals surface area (Å²) in [5, 5.41) is 11.8. The van der Waals surface area contributed by atoms with Crippen LogP contribution >= 0.6 is 0 Å².